The summed E-state index contributed by atoms with van der Waals surface area (Å²) < 4.78 is 11.4. The van der Waals surface area contributed by atoms with E-state index < -0.39 is 6.04 Å². The Kier molecular flexibility index (Phi) is 10.3. The summed E-state index contributed by atoms with van der Waals surface area (Å²) in [5, 5.41) is 8.49. The number of para-hydroxylation sites is 1. The maximum absolute atomic E-state index is 14.5. The monoisotopic (exact) mass is 597 g/mol. The average molecular weight is 598 g/mol. The molecular weight excluding hydrogens is 554 g/mol. The number of hydrogen-bond donors (Lipinski definition) is 2. The van der Waals surface area contributed by atoms with Crippen LogP contribution >= 0.6 is 11.3 Å². The second-order valence-corrected chi connectivity index (χ2v) is 12.4. The lowest BCUT2D eigenvalue weighted by molar-refractivity contribution is -0.144. The van der Waals surface area contributed by atoms with Crippen LogP contribution in [0.2, 0.25) is 0 Å². The maximum Gasteiger partial charge on any atom is 0.246 e. The average Bonchev–Trinajstić information content (AvgIpc) is 3.66. The second-order valence-electron chi connectivity index (χ2n) is 11.5. The van der Waals surface area contributed by atoms with Crippen molar-refractivity contribution in [2.24, 2.45) is 5.92 Å². The molecule has 2 aromatic rings. The number of hydrogen-bond acceptors (Lipinski definition) is 9. The molecule has 1 saturated carbocycles. The fourth-order valence-corrected chi connectivity index (χ4v) is 7.67. The van der Waals surface area contributed by atoms with E-state index >= 15 is 0 Å². The van der Waals surface area contributed by atoms with E-state index in [9.17, 15) is 14.4 Å². The minimum atomic E-state index is -0.584. The maximum atomic E-state index is 14.5. The zero-order chi connectivity index (χ0) is 29.6. The smallest absolute Gasteiger partial charge is 0.246 e. The van der Waals surface area contributed by atoms with Gasteiger partial charge in [-0.1, -0.05) is 31.4 Å². The molecule has 0 bridgehead atoms. The first-order valence-electron chi connectivity index (χ1n) is 15.2. The van der Waals surface area contributed by atoms with Gasteiger partial charge in [-0.2, -0.15) is 0 Å². The molecule has 11 heteroatoms. The zero-order valence-corrected chi connectivity index (χ0v) is 25.7. The Balaban J connectivity index is 1.45. The van der Waals surface area contributed by atoms with Gasteiger partial charge in [-0.15, -0.1) is 11.3 Å². The number of ether oxygens (including phenoxy) is 2. The van der Waals surface area contributed by atoms with Gasteiger partial charge in [-0.3, -0.25) is 19.3 Å². The minimum Gasteiger partial charge on any atom is -0.496 e. The van der Waals surface area contributed by atoms with Crippen LogP contribution in [0.3, 0.4) is 0 Å². The first-order valence-corrected chi connectivity index (χ1v) is 16.0. The number of nitrogens with zero attached hydrogens (tertiary/aromatic N) is 3. The van der Waals surface area contributed by atoms with E-state index in [1.807, 2.05) is 17.9 Å². The van der Waals surface area contributed by atoms with Gasteiger partial charge in [0.25, 0.3) is 0 Å². The second kappa shape index (κ2) is 14.1. The van der Waals surface area contributed by atoms with Crippen molar-refractivity contribution < 1.29 is 23.9 Å². The third-order valence-corrected chi connectivity index (χ3v) is 9.74. The number of fused-ring (bicyclic) bond motifs is 1. The zero-order valence-electron chi connectivity index (χ0n) is 24.8. The molecule has 5 rings (SSSR count). The predicted molar refractivity (Wildman–Crippen MR) is 161 cm³/mol. The normalized spacial score (nSPS) is 23.8. The summed E-state index contributed by atoms with van der Waals surface area (Å²) in [7, 11) is 3.28. The summed E-state index contributed by atoms with van der Waals surface area (Å²) in [6.07, 6.45) is 6.11. The highest BCUT2D eigenvalue weighted by atomic mass is 32.1. The SMILES string of the molecule is CCOC1CC2CN(C(=O)C(NC(=O)CNC)C3CCCCC3)C(c3nc(C(=O)c4ccccc4OC)cs3)CN2C1. The molecule has 1 aliphatic carbocycles. The molecule has 3 heterocycles. The number of ketones is 1. The number of carbonyl (C=O) groups excluding carboxylic acids is 3. The highest BCUT2D eigenvalue weighted by Gasteiger charge is 2.46. The number of aromatic nitrogens is 1. The van der Waals surface area contributed by atoms with Crippen LogP contribution in [0.1, 0.15) is 72.6 Å². The van der Waals surface area contributed by atoms with Crippen molar-refractivity contribution in [3.05, 3.63) is 45.9 Å². The van der Waals surface area contributed by atoms with Crippen LogP contribution in [0.5, 0.6) is 5.75 Å². The minimum absolute atomic E-state index is 0.0522. The Morgan fingerprint density at radius 1 is 1.12 bits per heavy atom. The van der Waals surface area contributed by atoms with E-state index in [0.29, 0.717) is 36.7 Å². The molecule has 4 unspecified atom stereocenters. The topological polar surface area (TPSA) is 113 Å². The summed E-state index contributed by atoms with van der Waals surface area (Å²) in [5.74, 6) is 0.167. The molecule has 42 heavy (non-hydrogen) atoms. The Morgan fingerprint density at radius 3 is 2.64 bits per heavy atom. The molecule has 228 valence electrons. The highest BCUT2D eigenvalue weighted by Crippen LogP contribution is 2.37. The number of amides is 2. The van der Waals surface area contributed by atoms with Crippen molar-refractivity contribution in [2.75, 3.05) is 46.9 Å². The third-order valence-electron chi connectivity index (χ3n) is 8.80. The first kappa shape index (κ1) is 30.6. The number of nitrogens with one attached hydrogen (secondary N) is 2. The Bertz CT molecular complexity index is 1250. The third kappa shape index (κ3) is 6.69. The molecule has 4 atom stereocenters. The molecular formula is C31H43N5O5S. The molecule has 3 fully saturated rings. The molecule has 1 aromatic carbocycles. The van der Waals surface area contributed by atoms with Gasteiger partial charge in [-0.25, -0.2) is 4.98 Å². The lowest BCUT2D eigenvalue weighted by Crippen LogP contribution is -2.60. The number of thiazole rings is 1. The Morgan fingerprint density at radius 2 is 1.90 bits per heavy atom. The van der Waals surface area contributed by atoms with E-state index in [0.717, 1.165) is 50.1 Å². The largest absolute Gasteiger partial charge is 0.496 e. The number of carbonyl (C=O) groups is 3. The van der Waals surface area contributed by atoms with Crippen molar-refractivity contribution in [2.45, 2.75) is 69.7 Å². The Labute approximate surface area is 252 Å². The van der Waals surface area contributed by atoms with Gasteiger partial charge in [0.05, 0.1) is 31.4 Å². The van der Waals surface area contributed by atoms with Crippen LogP contribution in [-0.2, 0) is 14.3 Å². The van der Waals surface area contributed by atoms with E-state index in [1.165, 1.54) is 11.3 Å². The lowest BCUT2D eigenvalue weighted by Gasteiger charge is -2.45. The summed E-state index contributed by atoms with van der Waals surface area (Å²) in [6, 6.07) is 6.40. The van der Waals surface area contributed by atoms with Crippen LogP contribution in [0, 0.1) is 5.92 Å². The standard InChI is InChI=1S/C31H43N5O5S/c1-4-41-22-14-21-16-36(31(39)28(34-27(37)15-32-2)20-10-6-5-7-11-20)25(18-35(21)17-22)30-33-24(19-42-30)29(38)23-12-8-9-13-26(23)40-3/h8-9,12-13,19-22,25,28,32H,4-7,10-11,14-18H2,1-3H3,(H,34,37). The first-order chi connectivity index (χ1) is 20.4. The Hall–Kier alpha value is -2.86. The molecule has 1 aromatic heterocycles. The van der Waals surface area contributed by atoms with Crippen LogP contribution in [0.15, 0.2) is 29.6 Å². The number of piperazine rings is 1. The number of likely N-dealkylation sites (N-methyl/N-ethyl adjacent to an activating group) is 1. The van der Waals surface area contributed by atoms with Crippen LogP contribution in [0.4, 0.5) is 0 Å². The molecule has 3 aliphatic rings. The van der Waals surface area contributed by atoms with Gasteiger partial charge in [0, 0.05) is 37.7 Å². The molecule has 2 aliphatic heterocycles. The van der Waals surface area contributed by atoms with Gasteiger partial charge in [0.1, 0.15) is 22.5 Å². The highest BCUT2D eigenvalue weighted by molar-refractivity contribution is 7.10. The van der Waals surface area contributed by atoms with E-state index in [-0.39, 0.29) is 48.2 Å². The quantitative estimate of drug-likeness (QED) is 0.380. The van der Waals surface area contributed by atoms with E-state index in [2.05, 4.69) is 15.5 Å². The van der Waals surface area contributed by atoms with E-state index in [4.69, 9.17) is 14.5 Å². The van der Waals surface area contributed by atoms with Crippen molar-refractivity contribution in [1.82, 2.24) is 25.4 Å². The molecule has 2 amide bonds. The number of methoxy groups -OCH3 is 1. The van der Waals surface area contributed by atoms with Gasteiger partial charge in [0.2, 0.25) is 17.6 Å². The lowest BCUT2D eigenvalue weighted by atomic mass is 9.83. The molecule has 2 saturated heterocycles. The van der Waals surface area contributed by atoms with Crippen molar-refractivity contribution in [3.63, 3.8) is 0 Å². The van der Waals surface area contributed by atoms with Gasteiger partial charge in [-0.05, 0) is 51.3 Å². The van der Waals surface area contributed by atoms with Crippen LogP contribution < -0.4 is 15.4 Å². The number of rotatable bonds is 11. The van der Waals surface area contributed by atoms with Gasteiger partial charge >= 0.3 is 0 Å². The van der Waals surface area contributed by atoms with Crippen LogP contribution in [0.25, 0.3) is 0 Å². The van der Waals surface area contributed by atoms with E-state index in [1.54, 1.807) is 37.7 Å². The van der Waals surface area contributed by atoms with Gasteiger partial charge < -0.3 is 25.0 Å². The summed E-state index contributed by atoms with van der Waals surface area (Å²) in [6.45, 7) is 4.77. The summed E-state index contributed by atoms with van der Waals surface area (Å²) in [4.78, 5) is 49.8. The van der Waals surface area contributed by atoms with Crippen LogP contribution in [-0.4, -0.2) is 97.5 Å². The molecule has 2 N–H and O–H groups in total. The summed E-state index contributed by atoms with van der Waals surface area (Å²) >= 11 is 1.41. The predicted octanol–water partition coefficient (Wildman–Crippen LogP) is 3.03. The van der Waals surface area contributed by atoms with Crippen molar-refractivity contribution in [1.29, 1.82) is 0 Å². The molecule has 0 radical (unpaired) electrons. The fourth-order valence-electron chi connectivity index (χ4n) is 6.77. The fraction of sp³-hybridized carbons (Fsp3) is 0.613. The summed E-state index contributed by atoms with van der Waals surface area (Å²) in [5.41, 5.74) is 0.797. The van der Waals surface area contributed by atoms with Crippen molar-refractivity contribution >= 4 is 28.9 Å². The van der Waals surface area contributed by atoms with Crippen molar-refractivity contribution in [3.8, 4) is 5.75 Å². The molecule has 10 nitrogen and oxygen atoms in total. The number of benzene rings is 1. The molecule has 0 spiro atoms. The van der Waals surface area contributed by atoms with Gasteiger partial charge in [0.15, 0.2) is 0 Å².